The number of methoxy groups -OCH3 is 1. The number of imidazole rings is 1. The average molecular weight is 511 g/mol. The Hall–Kier alpha value is -3.94. The van der Waals surface area contributed by atoms with Gasteiger partial charge in [-0.3, -0.25) is 9.47 Å². The number of aromatic nitrogens is 4. The van der Waals surface area contributed by atoms with Gasteiger partial charge in [-0.25, -0.2) is 15.0 Å². The molecule has 0 spiro atoms. The number of hydrogen-bond acceptors (Lipinski definition) is 6. The molecule has 1 aliphatic rings. The van der Waals surface area contributed by atoms with E-state index >= 15 is 0 Å². The standard InChI is InChI=1S/C29H27ClN6O/c1-37-25-13-11-24(12-14-25)36-20-33-26-28(31-19-32-29(26)36)35-17-15-34(16-18-35)27(21-5-3-2-4-6-21)22-7-9-23(30)10-8-22/h2-14,19-20,27H,15-18H2,1H3/t27-/m1/s1. The molecule has 0 unspecified atom stereocenters. The summed E-state index contributed by atoms with van der Waals surface area (Å²) in [6, 6.07) is 26.9. The van der Waals surface area contributed by atoms with Crippen molar-refractivity contribution in [1.82, 2.24) is 24.4 Å². The third-order valence-corrected chi connectivity index (χ3v) is 7.20. The predicted molar refractivity (Wildman–Crippen MR) is 147 cm³/mol. The Morgan fingerprint density at radius 2 is 1.49 bits per heavy atom. The summed E-state index contributed by atoms with van der Waals surface area (Å²) in [6.07, 6.45) is 3.44. The third-order valence-electron chi connectivity index (χ3n) is 6.94. The first-order valence-electron chi connectivity index (χ1n) is 12.3. The number of piperazine rings is 1. The molecule has 5 aromatic rings. The number of nitrogens with zero attached hydrogens (tertiary/aromatic N) is 6. The van der Waals surface area contributed by atoms with Crippen molar-refractivity contribution in [2.24, 2.45) is 0 Å². The molecule has 37 heavy (non-hydrogen) atoms. The Morgan fingerprint density at radius 1 is 0.784 bits per heavy atom. The van der Waals surface area contributed by atoms with Crippen molar-refractivity contribution in [2.45, 2.75) is 6.04 Å². The Morgan fingerprint density at radius 3 is 2.19 bits per heavy atom. The second kappa shape index (κ2) is 10.2. The molecule has 0 bridgehead atoms. The highest BCUT2D eigenvalue weighted by Crippen LogP contribution is 2.32. The van der Waals surface area contributed by atoms with E-state index in [-0.39, 0.29) is 6.04 Å². The lowest BCUT2D eigenvalue weighted by atomic mass is 9.96. The molecule has 3 aromatic carbocycles. The molecular weight excluding hydrogens is 484 g/mol. The molecule has 1 saturated heterocycles. The van der Waals surface area contributed by atoms with Gasteiger partial charge < -0.3 is 9.64 Å². The van der Waals surface area contributed by atoms with Gasteiger partial charge in [0.1, 0.15) is 18.4 Å². The van der Waals surface area contributed by atoms with Crippen LogP contribution in [-0.4, -0.2) is 57.7 Å². The second-order valence-electron chi connectivity index (χ2n) is 9.07. The van der Waals surface area contributed by atoms with E-state index in [2.05, 4.69) is 62.2 Å². The van der Waals surface area contributed by atoms with Crippen LogP contribution in [0.4, 0.5) is 5.82 Å². The van der Waals surface area contributed by atoms with Crippen molar-refractivity contribution in [3.8, 4) is 11.4 Å². The Labute approximate surface area is 220 Å². The molecule has 0 amide bonds. The van der Waals surface area contributed by atoms with Crippen molar-refractivity contribution in [3.63, 3.8) is 0 Å². The number of ether oxygens (including phenoxy) is 1. The summed E-state index contributed by atoms with van der Waals surface area (Å²) < 4.78 is 7.28. The number of anilines is 1. The van der Waals surface area contributed by atoms with Gasteiger partial charge in [0, 0.05) is 36.9 Å². The van der Waals surface area contributed by atoms with Gasteiger partial charge in [-0.05, 0) is 47.5 Å². The maximum absolute atomic E-state index is 6.19. The lowest BCUT2D eigenvalue weighted by Gasteiger charge is -2.40. The van der Waals surface area contributed by atoms with Crippen molar-refractivity contribution in [1.29, 1.82) is 0 Å². The van der Waals surface area contributed by atoms with Crippen molar-refractivity contribution >= 4 is 28.6 Å². The Kier molecular flexibility index (Phi) is 6.47. The highest BCUT2D eigenvalue weighted by Gasteiger charge is 2.28. The zero-order chi connectivity index (χ0) is 25.2. The van der Waals surface area contributed by atoms with Gasteiger partial charge in [-0.1, -0.05) is 54.1 Å². The molecule has 3 heterocycles. The molecule has 0 saturated carbocycles. The molecule has 1 fully saturated rings. The third kappa shape index (κ3) is 4.63. The van der Waals surface area contributed by atoms with Crippen LogP contribution < -0.4 is 9.64 Å². The van der Waals surface area contributed by atoms with E-state index in [9.17, 15) is 0 Å². The summed E-state index contributed by atoms with van der Waals surface area (Å²) in [7, 11) is 1.67. The fourth-order valence-corrected chi connectivity index (χ4v) is 5.20. The summed E-state index contributed by atoms with van der Waals surface area (Å²) in [4.78, 5) is 18.8. The van der Waals surface area contributed by atoms with Gasteiger partial charge >= 0.3 is 0 Å². The first-order chi connectivity index (χ1) is 18.2. The number of halogens is 1. The number of fused-ring (bicyclic) bond motifs is 1. The van der Waals surface area contributed by atoms with E-state index in [1.165, 1.54) is 11.1 Å². The predicted octanol–water partition coefficient (Wildman–Crippen LogP) is 5.39. The zero-order valence-corrected chi connectivity index (χ0v) is 21.3. The molecule has 0 N–H and O–H groups in total. The smallest absolute Gasteiger partial charge is 0.170 e. The quantitative estimate of drug-likeness (QED) is 0.305. The molecule has 7 nitrogen and oxygen atoms in total. The van der Waals surface area contributed by atoms with E-state index in [0.29, 0.717) is 0 Å². The Bertz CT molecular complexity index is 1480. The normalized spacial score (nSPS) is 15.1. The topological polar surface area (TPSA) is 59.3 Å². The van der Waals surface area contributed by atoms with Crippen molar-refractivity contribution in [2.75, 3.05) is 38.2 Å². The van der Waals surface area contributed by atoms with Gasteiger partial charge in [0.25, 0.3) is 0 Å². The first-order valence-corrected chi connectivity index (χ1v) is 12.7. The SMILES string of the molecule is COc1ccc(-n2cnc3c(N4CCN([C@H](c5ccccc5)c5ccc(Cl)cc5)CC4)ncnc32)cc1. The molecule has 0 aliphatic carbocycles. The zero-order valence-electron chi connectivity index (χ0n) is 20.5. The molecule has 0 radical (unpaired) electrons. The molecule has 6 rings (SSSR count). The molecule has 1 aliphatic heterocycles. The van der Waals surface area contributed by atoms with Crippen LogP contribution in [0, 0.1) is 0 Å². The van der Waals surface area contributed by atoms with Crippen LogP contribution in [0.2, 0.25) is 5.02 Å². The molecule has 186 valence electrons. The summed E-state index contributed by atoms with van der Waals surface area (Å²) in [6.45, 7) is 3.48. The summed E-state index contributed by atoms with van der Waals surface area (Å²) in [5.74, 6) is 1.69. The van der Waals surface area contributed by atoms with Crippen molar-refractivity contribution < 1.29 is 4.74 Å². The maximum Gasteiger partial charge on any atom is 0.170 e. The van der Waals surface area contributed by atoms with E-state index in [0.717, 1.165) is 59.6 Å². The number of rotatable bonds is 6. The van der Waals surface area contributed by atoms with Gasteiger partial charge in [0.05, 0.1) is 13.2 Å². The van der Waals surface area contributed by atoms with Crippen LogP contribution in [0.1, 0.15) is 17.2 Å². The Balaban J connectivity index is 1.25. The van der Waals surface area contributed by atoms with Gasteiger partial charge in [-0.2, -0.15) is 0 Å². The molecular formula is C29H27ClN6O. The second-order valence-corrected chi connectivity index (χ2v) is 9.51. The number of benzene rings is 3. The van der Waals surface area contributed by atoms with E-state index in [4.69, 9.17) is 21.3 Å². The van der Waals surface area contributed by atoms with Crippen molar-refractivity contribution in [3.05, 3.63) is 108 Å². The van der Waals surface area contributed by atoms with Gasteiger partial charge in [0.2, 0.25) is 0 Å². The average Bonchev–Trinajstić information content (AvgIpc) is 3.40. The van der Waals surface area contributed by atoms with Crippen LogP contribution in [0.3, 0.4) is 0 Å². The summed E-state index contributed by atoms with van der Waals surface area (Å²) in [5.41, 5.74) is 5.10. The molecule has 2 aromatic heterocycles. The fourth-order valence-electron chi connectivity index (χ4n) is 5.07. The highest BCUT2D eigenvalue weighted by molar-refractivity contribution is 6.30. The van der Waals surface area contributed by atoms with E-state index < -0.39 is 0 Å². The minimum absolute atomic E-state index is 0.167. The first kappa shape index (κ1) is 23.5. The fraction of sp³-hybridized carbons (Fsp3) is 0.207. The monoisotopic (exact) mass is 510 g/mol. The van der Waals surface area contributed by atoms with Crippen LogP contribution in [0.15, 0.2) is 91.5 Å². The van der Waals surface area contributed by atoms with Crippen LogP contribution in [-0.2, 0) is 0 Å². The van der Waals surface area contributed by atoms with Crippen LogP contribution >= 0.6 is 11.6 Å². The minimum Gasteiger partial charge on any atom is -0.497 e. The largest absolute Gasteiger partial charge is 0.497 e. The molecule has 1 atom stereocenters. The minimum atomic E-state index is 0.167. The highest BCUT2D eigenvalue weighted by atomic mass is 35.5. The molecule has 8 heteroatoms. The lowest BCUT2D eigenvalue weighted by molar-refractivity contribution is 0.212. The summed E-state index contributed by atoms with van der Waals surface area (Å²) in [5, 5.41) is 0.752. The lowest BCUT2D eigenvalue weighted by Crippen LogP contribution is -2.48. The van der Waals surface area contributed by atoms with E-state index in [1.807, 2.05) is 47.3 Å². The maximum atomic E-state index is 6.19. The van der Waals surface area contributed by atoms with Gasteiger partial charge in [0.15, 0.2) is 17.0 Å². The summed E-state index contributed by atoms with van der Waals surface area (Å²) >= 11 is 6.19. The van der Waals surface area contributed by atoms with Crippen LogP contribution in [0.5, 0.6) is 5.75 Å². The van der Waals surface area contributed by atoms with E-state index in [1.54, 1.807) is 13.4 Å². The number of hydrogen-bond donors (Lipinski definition) is 0. The van der Waals surface area contributed by atoms with Crippen LogP contribution in [0.25, 0.3) is 16.9 Å². The van der Waals surface area contributed by atoms with Gasteiger partial charge in [-0.15, -0.1) is 0 Å².